The largest absolute Gasteiger partial charge is 0.330 e. The molecule has 3 nitrogen and oxygen atoms in total. The summed E-state index contributed by atoms with van der Waals surface area (Å²) >= 11 is 0. The van der Waals surface area contributed by atoms with Gasteiger partial charge in [-0.1, -0.05) is 24.6 Å². The number of para-hydroxylation sites is 1. The van der Waals surface area contributed by atoms with Crippen molar-refractivity contribution in [3.8, 4) is 0 Å². The molecule has 98 valence electrons. The molecule has 18 heavy (non-hydrogen) atoms. The first-order valence-electron chi connectivity index (χ1n) is 6.76. The summed E-state index contributed by atoms with van der Waals surface area (Å²) in [5.74, 6) is 0.203. The first kappa shape index (κ1) is 13.1. The summed E-state index contributed by atoms with van der Waals surface area (Å²) in [6.07, 6.45) is 4.00. The Balaban J connectivity index is 2.07. The van der Waals surface area contributed by atoms with E-state index in [4.69, 9.17) is 5.73 Å². The Morgan fingerprint density at radius 3 is 2.44 bits per heavy atom. The van der Waals surface area contributed by atoms with Crippen LogP contribution in [0.3, 0.4) is 0 Å². The zero-order valence-electron chi connectivity index (χ0n) is 11.1. The predicted octanol–water partition coefficient (Wildman–Crippen LogP) is 2.56. The number of nitrogens with zero attached hydrogens (tertiary/aromatic N) is 1. The number of carbonyl (C=O) groups excluding carboxylic acids is 1. The minimum atomic E-state index is 0.0826. The van der Waals surface area contributed by atoms with Gasteiger partial charge in [-0.05, 0) is 43.9 Å². The van der Waals surface area contributed by atoms with Crippen LogP contribution in [0.2, 0.25) is 0 Å². The molecule has 1 aromatic rings. The molecule has 0 heterocycles. The molecule has 1 aromatic carbocycles. The van der Waals surface area contributed by atoms with E-state index in [9.17, 15) is 4.79 Å². The fourth-order valence-corrected chi connectivity index (χ4v) is 2.66. The number of benzene rings is 1. The van der Waals surface area contributed by atoms with E-state index in [1.807, 2.05) is 42.2 Å². The van der Waals surface area contributed by atoms with Crippen molar-refractivity contribution in [2.45, 2.75) is 32.6 Å². The molecule has 1 fully saturated rings. The fourth-order valence-electron chi connectivity index (χ4n) is 2.66. The molecule has 1 aliphatic carbocycles. The zero-order valence-corrected chi connectivity index (χ0v) is 11.1. The number of rotatable bonds is 5. The Morgan fingerprint density at radius 1 is 1.33 bits per heavy atom. The van der Waals surface area contributed by atoms with E-state index in [1.165, 1.54) is 6.42 Å². The van der Waals surface area contributed by atoms with E-state index in [-0.39, 0.29) is 11.3 Å². The third kappa shape index (κ3) is 2.56. The molecule has 0 aromatic heterocycles. The predicted molar refractivity (Wildman–Crippen MR) is 74.4 cm³/mol. The van der Waals surface area contributed by atoms with Gasteiger partial charge in [-0.15, -0.1) is 0 Å². The number of nitrogens with two attached hydrogens (primary N) is 1. The van der Waals surface area contributed by atoms with Gasteiger partial charge in [-0.25, -0.2) is 0 Å². The van der Waals surface area contributed by atoms with Crippen LogP contribution < -0.4 is 10.6 Å². The van der Waals surface area contributed by atoms with Gasteiger partial charge in [0.05, 0.1) is 0 Å². The Kier molecular flexibility index (Phi) is 4.02. The van der Waals surface area contributed by atoms with Crippen molar-refractivity contribution in [1.29, 1.82) is 0 Å². The van der Waals surface area contributed by atoms with Crippen LogP contribution in [-0.2, 0) is 4.79 Å². The molecule has 1 amide bonds. The van der Waals surface area contributed by atoms with E-state index >= 15 is 0 Å². The average molecular weight is 246 g/mol. The minimum absolute atomic E-state index is 0.0826. The van der Waals surface area contributed by atoms with Gasteiger partial charge in [0.15, 0.2) is 0 Å². The lowest BCUT2D eigenvalue weighted by molar-refractivity contribution is -0.122. The van der Waals surface area contributed by atoms with E-state index < -0.39 is 0 Å². The molecule has 2 rings (SSSR count). The Labute approximate surface area is 109 Å². The van der Waals surface area contributed by atoms with Crippen LogP contribution >= 0.6 is 0 Å². The number of amides is 1. The molecule has 0 radical (unpaired) electrons. The van der Waals surface area contributed by atoms with Crippen molar-refractivity contribution in [2.24, 2.45) is 11.1 Å². The van der Waals surface area contributed by atoms with Gasteiger partial charge in [0.25, 0.3) is 0 Å². The highest BCUT2D eigenvalue weighted by atomic mass is 16.2. The summed E-state index contributed by atoms with van der Waals surface area (Å²) in [6.45, 7) is 3.36. The van der Waals surface area contributed by atoms with Crippen molar-refractivity contribution in [1.82, 2.24) is 0 Å². The molecule has 1 aliphatic rings. The van der Waals surface area contributed by atoms with Gasteiger partial charge < -0.3 is 10.6 Å². The van der Waals surface area contributed by atoms with Gasteiger partial charge in [0, 0.05) is 18.7 Å². The van der Waals surface area contributed by atoms with Crippen molar-refractivity contribution >= 4 is 11.6 Å². The van der Waals surface area contributed by atoms with E-state index in [2.05, 4.69) is 0 Å². The monoisotopic (exact) mass is 246 g/mol. The number of hydrogen-bond acceptors (Lipinski definition) is 2. The molecule has 3 heteroatoms. The van der Waals surface area contributed by atoms with Crippen LogP contribution in [0.4, 0.5) is 5.69 Å². The normalized spacial score (nSPS) is 17.0. The third-order valence-electron chi connectivity index (χ3n) is 4.06. The average Bonchev–Trinajstić information content (AvgIpc) is 2.36. The van der Waals surface area contributed by atoms with Gasteiger partial charge in [0.2, 0.25) is 5.91 Å². The molecule has 0 unspecified atom stereocenters. The topological polar surface area (TPSA) is 46.3 Å². The number of hydrogen-bond donors (Lipinski definition) is 1. The maximum Gasteiger partial charge on any atom is 0.227 e. The second-order valence-corrected chi connectivity index (χ2v) is 5.21. The van der Waals surface area contributed by atoms with E-state index in [1.54, 1.807) is 0 Å². The summed E-state index contributed by atoms with van der Waals surface area (Å²) in [7, 11) is 0. The zero-order chi connectivity index (χ0) is 13.0. The highest BCUT2D eigenvalue weighted by Gasteiger charge is 2.38. The molecule has 0 spiro atoms. The highest BCUT2D eigenvalue weighted by molar-refractivity contribution is 5.93. The quantitative estimate of drug-likeness (QED) is 0.868. The SMILES string of the molecule is CCN(C(=O)CC1(CN)CCC1)c1ccccc1. The van der Waals surface area contributed by atoms with Crippen LogP contribution in [-0.4, -0.2) is 19.0 Å². The van der Waals surface area contributed by atoms with Crippen LogP contribution in [0.25, 0.3) is 0 Å². The second-order valence-electron chi connectivity index (χ2n) is 5.21. The fraction of sp³-hybridized carbons (Fsp3) is 0.533. The number of anilines is 1. The minimum Gasteiger partial charge on any atom is -0.330 e. The first-order valence-corrected chi connectivity index (χ1v) is 6.76. The molecular formula is C15H22N2O. The summed E-state index contributed by atoms with van der Waals surface area (Å²) < 4.78 is 0. The molecule has 0 atom stereocenters. The molecule has 0 bridgehead atoms. The van der Waals surface area contributed by atoms with Gasteiger partial charge in [0.1, 0.15) is 0 Å². The standard InChI is InChI=1S/C15H22N2O/c1-2-17(13-7-4-3-5-8-13)14(18)11-15(12-16)9-6-10-15/h3-5,7-8H,2,6,9-12,16H2,1H3. The number of carbonyl (C=O) groups is 1. The van der Waals surface area contributed by atoms with Crippen LogP contribution in [0.15, 0.2) is 30.3 Å². The van der Waals surface area contributed by atoms with Crippen molar-refractivity contribution in [3.63, 3.8) is 0 Å². The highest BCUT2D eigenvalue weighted by Crippen LogP contribution is 2.43. The lowest BCUT2D eigenvalue weighted by atomic mass is 9.66. The molecule has 0 saturated heterocycles. The van der Waals surface area contributed by atoms with E-state index in [0.29, 0.717) is 19.5 Å². The first-order chi connectivity index (χ1) is 8.71. The van der Waals surface area contributed by atoms with E-state index in [0.717, 1.165) is 18.5 Å². The lowest BCUT2D eigenvalue weighted by Gasteiger charge is -2.41. The molecule has 2 N–H and O–H groups in total. The van der Waals surface area contributed by atoms with Crippen LogP contribution in [0.5, 0.6) is 0 Å². The second kappa shape index (κ2) is 5.53. The summed E-state index contributed by atoms with van der Waals surface area (Å²) in [5, 5.41) is 0. The molecule has 0 aliphatic heterocycles. The maximum absolute atomic E-state index is 12.4. The smallest absolute Gasteiger partial charge is 0.227 e. The van der Waals surface area contributed by atoms with Crippen molar-refractivity contribution in [2.75, 3.05) is 18.0 Å². The lowest BCUT2D eigenvalue weighted by Crippen LogP contribution is -2.43. The Morgan fingerprint density at radius 2 is 2.00 bits per heavy atom. The van der Waals surface area contributed by atoms with Crippen LogP contribution in [0.1, 0.15) is 32.6 Å². The van der Waals surface area contributed by atoms with Gasteiger partial charge in [-0.2, -0.15) is 0 Å². The van der Waals surface area contributed by atoms with Crippen LogP contribution in [0, 0.1) is 5.41 Å². The summed E-state index contributed by atoms with van der Waals surface area (Å²) in [4.78, 5) is 14.3. The third-order valence-corrected chi connectivity index (χ3v) is 4.06. The van der Waals surface area contributed by atoms with Crippen molar-refractivity contribution in [3.05, 3.63) is 30.3 Å². The van der Waals surface area contributed by atoms with Gasteiger partial charge in [-0.3, -0.25) is 4.79 Å². The summed E-state index contributed by atoms with van der Waals surface area (Å²) in [5.41, 5.74) is 6.89. The Hall–Kier alpha value is -1.35. The maximum atomic E-state index is 12.4. The molecular weight excluding hydrogens is 224 g/mol. The van der Waals surface area contributed by atoms with Crippen molar-refractivity contribution < 1.29 is 4.79 Å². The molecule has 1 saturated carbocycles. The Bertz CT molecular complexity index is 393. The summed E-state index contributed by atoms with van der Waals surface area (Å²) in [6, 6.07) is 9.87. The van der Waals surface area contributed by atoms with Gasteiger partial charge >= 0.3 is 0 Å².